The van der Waals surface area contributed by atoms with E-state index in [1.54, 1.807) is 16.2 Å². The minimum absolute atomic E-state index is 0.0281. The van der Waals surface area contributed by atoms with Crippen LogP contribution in [0.4, 0.5) is 15.7 Å². The molecule has 1 atom stereocenters. The molecule has 0 unspecified atom stereocenters. The quantitative estimate of drug-likeness (QED) is 0.467. The number of piperidine rings is 1. The van der Waals surface area contributed by atoms with Gasteiger partial charge >= 0.3 is 6.09 Å². The number of aryl methyl sites for hydroxylation is 1. The van der Waals surface area contributed by atoms with Crippen molar-refractivity contribution in [3.05, 3.63) is 35.0 Å². The summed E-state index contributed by atoms with van der Waals surface area (Å²) in [5, 5.41) is 4.23. The molecule has 2 aromatic heterocycles. The van der Waals surface area contributed by atoms with E-state index >= 15 is 0 Å². The Kier molecular flexibility index (Phi) is 8.41. The Morgan fingerprint density at radius 3 is 2.68 bits per heavy atom. The van der Waals surface area contributed by atoms with Crippen LogP contribution in [0, 0.1) is 0 Å². The van der Waals surface area contributed by atoms with Crippen molar-refractivity contribution >= 4 is 34.3 Å². The average Bonchev–Trinajstić information content (AvgIpc) is 3.48. The van der Waals surface area contributed by atoms with Crippen molar-refractivity contribution in [2.24, 2.45) is 0 Å². The number of aromatic nitrogens is 2. The summed E-state index contributed by atoms with van der Waals surface area (Å²) in [6, 6.07) is 6.08. The van der Waals surface area contributed by atoms with Gasteiger partial charge in [-0.25, -0.2) is 14.8 Å². The smallest absolute Gasteiger partial charge is 0.411 e. The van der Waals surface area contributed by atoms with Gasteiger partial charge in [0.15, 0.2) is 5.13 Å². The van der Waals surface area contributed by atoms with Crippen LogP contribution in [0.3, 0.4) is 0 Å². The van der Waals surface area contributed by atoms with E-state index in [9.17, 15) is 9.59 Å². The summed E-state index contributed by atoms with van der Waals surface area (Å²) in [6.45, 7) is 11.5. The Balaban J connectivity index is 1.35. The molecule has 0 bridgehead atoms. The number of amides is 2. The van der Waals surface area contributed by atoms with Crippen LogP contribution in [0.25, 0.3) is 0 Å². The molecule has 2 aromatic rings. The first kappa shape index (κ1) is 27.4. The zero-order valence-electron chi connectivity index (χ0n) is 22.9. The molecule has 2 aliphatic heterocycles. The van der Waals surface area contributed by atoms with E-state index in [1.807, 2.05) is 50.9 Å². The average molecular weight is 528 g/mol. The van der Waals surface area contributed by atoms with E-state index in [-0.39, 0.29) is 5.91 Å². The van der Waals surface area contributed by atoms with Crippen molar-refractivity contribution in [1.82, 2.24) is 19.8 Å². The van der Waals surface area contributed by atoms with E-state index in [2.05, 4.69) is 23.3 Å². The maximum atomic E-state index is 13.6. The largest absolute Gasteiger partial charge is 0.444 e. The van der Waals surface area contributed by atoms with E-state index in [4.69, 9.17) is 9.72 Å². The number of pyridine rings is 1. The number of thiazole rings is 1. The molecule has 0 spiro atoms. The van der Waals surface area contributed by atoms with Crippen LogP contribution in [-0.4, -0.2) is 62.5 Å². The summed E-state index contributed by atoms with van der Waals surface area (Å²) in [4.78, 5) is 40.7. The lowest BCUT2D eigenvalue weighted by Crippen LogP contribution is -2.58. The number of ether oxygens (including phenoxy) is 1. The predicted molar refractivity (Wildman–Crippen MR) is 147 cm³/mol. The van der Waals surface area contributed by atoms with Crippen LogP contribution in [-0.2, 0) is 16.0 Å². The molecule has 4 heterocycles. The highest BCUT2D eigenvalue weighted by atomic mass is 32.1. The minimum Gasteiger partial charge on any atom is -0.444 e. The molecular weight excluding hydrogens is 486 g/mol. The second kappa shape index (κ2) is 11.4. The molecule has 2 fully saturated rings. The number of likely N-dealkylation sites (tertiary alicyclic amines) is 2. The van der Waals surface area contributed by atoms with E-state index in [1.165, 1.54) is 17.7 Å². The van der Waals surface area contributed by atoms with Crippen molar-refractivity contribution in [3.8, 4) is 0 Å². The molecule has 2 aliphatic rings. The predicted octanol–water partition coefficient (Wildman–Crippen LogP) is 6.12. The first-order valence-electron chi connectivity index (χ1n) is 13.6. The Morgan fingerprint density at radius 2 is 1.97 bits per heavy atom. The first-order chi connectivity index (χ1) is 17.6. The van der Waals surface area contributed by atoms with E-state index in [0.717, 1.165) is 42.3 Å². The second-order valence-corrected chi connectivity index (χ2v) is 12.5. The molecule has 2 amide bonds. The number of nitrogens with zero attached hydrogens (tertiary/aromatic N) is 4. The molecule has 9 heteroatoms. The molecule has 37 heavy (non-hydrogen) atoms. The summed E-state index contributed by atoms with van der Waals surface area (Å²) in [6.07, 6.45) is 8.14. The van der Waals surface area contributed by atoms with Crippen LogP contribution in [0.2, 0.25) is 0 Å². The van der Waals surface area contributed by atoms with E-state index < -0.39 is 17.2 Å². The number of hydrogen-bond acceptors (Lipinski definition) is 7. The first-order valence-corrected chi connectivity index (χ1v) is 14.4. The molecular formula is C28H41N5O3S. The standard InChI is InChI=1S/C28H41N5O3S/c1-6-7-10-21-19-29-25(37-21)31-23-12-8-11-22(30-23)20-13-17-32(18-14-20)24(34)28(5)15-9-16-33(28)26(35)36-27(2,3)4/h8,11-12,19-20H,6-7,9-10,13-18H2,1-5H3,(H,29,30,31)/t28-/m1/s1. The third kappa shape index (κ3) is 6.61. The SMILES string of the molecule is CCCCc1cnc(Nc2cccc(C3CCN(C(=O)[C@@]4(C)CCCN4C(=O)OC(C)(C)C)CC3)n2)s1. The maximum absolute atomic E-state index is 13.6. The normalized spacial score (nSPS) is 20.8. The number of unbranched alkanes of at least 4 members (excludes halogenated alkanes) is 1. The lowest BCUT2D eigenvalue weighted by Gasteiger charge is -2.41. The number of nitrogens with one attached hydrogen (secondary N) is 1. The van der Waals surface area contributed by atoms with Crippen molar-refractivity contribution in [2.75, 3.05) is 25.0 Å². The highest BCUT2D eigenvalue weighted by Gasteiger charge is 2.49. The van der Waals surface area contributed by atoms with Gasteiger partial charge in [0, 0.05) is 42.3 Å². The van der Waals surface area contributed by atoms with Crippen LogP contribution < -0.4 is 5.32 Å². The van der Waals surface area contributed by atoms with Gasteiger partial charge in [0.05, 0.1) is 0 Å². The van der Waals surface area contributed by atoms with E-state index in [0.29, 0.717) is 32.0 Å². The number of carbonyl (C=O) groups excluding carboxylic acids is 2. The van der Waals surface area contributed by atoms with Crippen LogP contribution in [0.5, 0.6) is 0 Å². The van der Waals surface area contributed by atoms with Crippen LogP contribution in [0.1, 0.15) is 89.6 Å². The van der Waals surface area contributed by atoms with Gasteiger partial charge in [-0.1, -0.05) is 19.4 Å². The van der Waals surface area contributed by atoms with Gasteiger partial charge in [-0.2, -0.15) is 0 Å². The van der Waals surface area contributed by atoms with Crippen molar-refractivity contribution in [2.45, 2.75) is 96.6 Å². The molecule has 8 nitrogen and oxygen atoms in total. The van der Waals surface area contributed by atoms with Crippen molar-refractivity contribution < 1.29 is 14.3 Å². The molecule has 2 saturated heterocycles. The fraction of sp³-hybridized carbons (Fsp3) is 0.643. The highest BCUT2D eigenvalue weighted by molar-refractivity contribution is 7.15. The van der Waals surface area contributed by atoms with Crippen LogP contribution in [0.15, 0.2) is 24.4 Å². The van der Waals surface area contributed by atoms with Crippen LogP contribution >= 0.6 is 11.3 Å². The number of hydrogen-bond donors (Lipinski definition) is 1. The topological polar surface area (TPSA) is 87.7 Å². The van der Waals surface area contributed by atoms with Crippen molar-refractivity contribution in [1.29, 1.82) is 0 Å². The Bertz CT molecular complexity index is 1090. The summed E-state index contributed by atoms with van der Waals surface area (Å²) in [5.74, 6) is 1.12. The molecule has 1 N–H and O–H groups in total. The fourth-order valence-corrected chi connectivity index (χ4v) is 6.07. The van der Waals surface area contributed by atoms with Gasteiger partial charge in [-0.3, -0.25) is 9.69 Å². The van der Waals surface area contributed by atoms with Gasteiger partial charge in [0.1, 0.15) is 17.0 Å². The zero-order valence-corrected chi connectivity index (χ0v) is 23.7. The van der Waals surface area contributed by atoms with Gasteiger partial charge in [-0.05, 0) is 78.4 Å². The summed E-state index contributed by atoms with van der Waals surface area (Å²) in [5.41, 5.74) is -0.390. The van der Waals surface area contributed by atoms with Crippen molar-refractivity contribution in [3.63, 3.8) is 0 Å². The maximum Gasteiger partial charge on any atom is 0.411 e. The molecule has 202 valence electrons. The summed E-state index contributed by atoms with van der Waals surface area (Å²) < 4.78 is 5.60. The summed E-state index contributed by atoms with van der Waals surface area (Å²) >= 11 is 1.69. The van der Waals surface area contributed by atoms with Gasteiger partial charge in [0.25, 0.3) is 0 Å². The second-order valence-electron chi connectivity index (χ2n) is 11.4. The summed E-state index contributed by atoms with van der Waals surface area (Å²) in [7, 11) is 0. The Morgan fingerprint density at radius 1 is 1.22 bits per heavy atom. The third-order valence-electron chi connectivity index (χ3n) is 7.25. The lowest BCUT2D eigenvalue weighted by molar-refractivity contribution is -0.143. The number of rotatable bonds is 7. The van der Waals surface area contributed by atoms with Gasteiger partial charge in [-0.15, -0.1) is 11.3 Å². The molecule has 0 aromatic carbocycles. The third-order valence-corrected chi connectivity index (χ3v) is 8.22. The highest BCUT2D eigenvalue weighted by Crippen LogP contribution is 2.35. The Labute approximate surface area is 224 Å². The molecule has 0 saturated carbocycles. The number of carbonyl (C=O) groups is 2. The lowest BCUT2D eigenvalue weighted by atomic mass is 9.90. The molecule has 0 aliphatic carbocycles. The molecule has 4 rings (SSSR count). The minimum atomic E-state index is -0.846. The van der Waals surface area contributed by atoms with Gasteiger partial charge < -0.3 is 15.0 Å². The number of anilines is 2. The fourth-order valence-electron chi connectivity index (χ4n) is 5.20. The molecule has 0 radical (unpaired) electrons. The Hall–Kier alpha value is -2.68. The zero-order chi connectivity index (χ0) is 26.6. The van der Waals surface area contributed by atoms with Gasteiger partial charge in [0.2, 0.25) is 5.91 Å². The monoisotopic (exact) mass is 527 g/mol.